The van der Waals surface area contributed by atoms with Crippen molar-refractivity contribution in [3.05, 3.63) is 0 Å². The summed E-state index contributed by atoms with van der Waals surface area (Å²) >= 11 is 0. The summed E-state index contributed by atoms with van der Waals surface area (Å²) in [4.78, 5) is 2.63. The van der Waals surface area contributed by atoms with Gasteiger partial charge in [-0.25, -0.2) is 0 Å². The first-order valence-corrected chi connectivity index (χ1v) is 6.85. The Kier molecular flexibility index (Phi) is 4.54. The molecule has 1 atom stereocenters. The number of likely N-dealkylation sites (tertiary alicyclic amines) is 1. The third kappa shape index (κ3) is 2.49. The molecular formula is C13H27N2P. The fourth-order valence-electron chi connectivity index (χ4n) is 2.45. The number of rotatable bonds is 3. The van der Waals surface area contributed by atoms with Crippen molar-refractivity contribution in [3.8, 4) is 0 Å². The molecular weight excluding hydrogens is 215 g/mol. The summed E-state index contributed by atoms with van der Waals surface area (Å²) in [5.41, 5.74) is 1.51. The molecule has 1 saturated heterocycles. The molecule has 0 aliphatic carbocycles. The van der Waals surface area contributed by atoms with E-state index in [0.29, 0.717) is 0 Å². The van der Waals surface area contributed by atoms with E-state index in [9.17, 15) is 0 Å². The van der Waals surface area contributed by atoms with Gasteiger partial charge in [0.2, 0.25) is 0 Å². The van der Waals surface area contributed by atoms with Gasteiger partial charge < -0.3 is 0 Å². The van der Waals surface area contributed by atoms with Crippen molar-refractivity contribution in [2.24, 2.45) is 10.2 Å². The second-order valence-corrected chi connectivity index (χ2v) is 6.20. The third-order valence-electron chi connectivity index (χ3n) is 4.77. The number of nitrogens with zero attached hydrogens (tertiary/aromatic N) is 2. The molecule has 0 N–H and O–H groups in total. The molecule has 1 rings (SSSR count). The van der Waals surface area contributed by atoms with Crippen LogP contribution in [-0.4, -0.2) is 29.2 Å². The monoisotopic (exact) mass is 242 g/mol. The quantitative estimate of drug-likeness (QED) is 0.546. The maximum absolute atomic E-state index is 4.33. The molecule has 2 nitrogen and oxygen atoms in total. The predicted molar refractivity (Wildman–Crippen MR) is 76.1 cm³/mol. The number of hydrogen-bond donors (Lipinski definition) is 0. The van der Waals surface area contributed by atoms with Gasteiger partial charge in [-0.2, -0.15) is 0 Å². The summed E-state index contributed by atoms with van der Waals surface area (Å²) in [6, 6.07) is 0. The smallest absolute Gasteiger partial charge is 0.0256 e. The fraction of sp³-hybridized carbons (Fsp3) is 0.923. The van der Waals surface area contributed by atoms with E-state index in [0.717, 1.165) is 0 Å². The summed E-state index contributed by atoms with van der Waals surface area (Å²) in [5.74, 6) is 0. The molecule has 1 aliphatic heterocycles. The highest BCUT2D eigenvalue weighted by molar-refractivity contribution is 7.15. The summed E-state index contributed by atoms with van der Waals surface area (Å²) < 4.78 is 4.33. The minimum Gasteiger partial charge on any atom is -0.297 e. The lowest BCUT2D eigenvalue weighted by atomic mass is 9.70. The molecule has 94 valence electrons. The van der Waals surface area contributed by atoms with Crippen molar-refractivity contribution in [3.63, 3.8) is 0 Å². The fourth-order valence-corrected chi connectivity index (χ4v) is 2.78. The maximum atomic E-state index is 4.33. The van der Waals surface area contributed by atoms with Gasteiger partial charge in [-0.1, -0.05) is 20.3 Å². The van der Waals surface area contributed by atoms with Gasteiger partial charge in [0.15, 0.2) is 0 Å². The standard InChI is InChI=1S/C13H27N2P/c1-11(14-16)12(2,3)13(4,5)15-9-7-6-8-10-15/h6-10,16H2,1-5H3. The maximum Gasteiger partial charge on any atom is 0.0256 e. The van der Waals surface area contributed by atoms with Crippen LogP contribution < -0.4 is 0 Å². The molecule has 1 heterocycles. The SMILES string of the molecule is CC(=NP)C(C)(C)C(C)(C)N1CCCCC1. The normalized spacial score (nSPS) is 21.2. The topological polar surface area (TPSA) is 15.6 Å². The van der Waals surface area contributed by atoms with E-state index >= 15 is 0 Å². The third-order valence-corrected chi connectivity index (χ3v) is 5.16. The van der Waals surface area contributed by atoms with E-state index in [1.165, 1.54) is 38.1 Å². The molecule has 1 unspecified atom stereocenters. The number of hydrogen-bond acceptors (Lipinski definition) is 2. The molecule has 0 aromatic heterocycles. The molecule has 3 heteroatoms. The molecule has 0 aromatic rings. The van der Waals surface area contributed by atoms with Gasteiger partial charge >= 0.3 is 0 Å². The summed E-state index contributed by atoms with van der Waals surface area (Å²) in [7, 11) is 2.50. The van der Waals surface area contributed by atoms with Crippen molar-refractivity contribution in [2.45, 2.75) is 59.4 Å². The first kappa shape index (κ1) is 14.1. The predicted octanol–water partition coefficient (Wildman–Crippen LogP) is 3.53. The van der Waals surface area contributed by atoms with Crippen molar-refractivity contribution in [2.75, 3.05) is 13.1 Å². The Morgan fingerprint density at radius 3 is 2.00 bits per heavy atom. The Hall–Kier alpha value is 0.0600. The van der Waals surface area contributed by atoms with Crippen LogP contribution in [0.5, 0.6) is 0 Å². The molecule has 1 fully saturated rings. The average Bonchev–Trinajstić information content (AvgIpc) is 2.28. The Bertz CT molecular complexity index is 263. The van der Waals surface area contributed by atoms with Crippen LogP contribution >= 0.6 is 9.39 Å². The summed E-state index contributed by atoms with van der Waals surface area (Å²) in [5, 5.41) is 0. The van der Waals surface area contributed by atoms with Crippen LogP contribution in [0.1, 0.15) is 53.9 Å². The van der Waals surface area contributed by atoms with E-state index < -0.39 is 0 Å². The lowest BCUT2D eigenvalue weighted by Gasteiger charge is -2.50. The van der Waals surface area contributed by atoms with E-state index in [4.69, 9.17) is 0 Å². The lowest BCUT2D eigenvalue weighted by Crippen LogP contribution is -2.57. The van der Waals surface area contributed by atoms with E-state index in [1.807, 2.05) is 0 Å². The van der Waals surface area contributed by atoms with E-state index in [1.54, 1.807) is 0 Å². The van der Waals surface area contributed by atoms with Crippen LogP contribution in [0.15, 0.2) is 4.76 Å². The second-order valence-electron chi connectivity index (χ2n) is 5.95. The zero-order chi connectivity index (χ0) is 12.4. The van der Waals surface area contributed by atoms with Gasteiger partial charge in [0.05, 0.1) is 0 Å². The lowest BCUT2D eigenvalue weighted by molar-refractivity contribution is 0.0326. The molecule has 0 saturated carbocycles. The molecule has 0 amide bonds. The molecule has 0 radical (unpaired) electrons. The van der Waals surface area contributed by atoms with Crippen LogP contribution in [0, 0.1) is 5.41 Å². The number of piperidine rings is 1. The van der Waals surface area contributed by atoms with Crippen LogP contribution in [0.2, 0.25) is 0 Å². The van der Waals surface area contributed by atoms with Gasteiger partial charge in [0, 0.05) is 16.7 Å². The van der Waals surface area contributed by atoms with Gasteiger partial charge in [-0.05, 0) is 56.1 Å². The average molecular weight is 242 g/mol. The zero-order valence-electron chi connectivity index (χ0n) is 11.5. The zero-order valence-corrected chi connectivity index (χ0v) is 12.7. The largest absolute Gasteiger partial charge is 0.297 e. The second kappa shape index (κ2) is 5.14. The Morgan fingerprint density at radius 1 is 1.06 bits per heavy atom. The van der Waals surface area contributed by atoms with Gasteiger partial charge in [-0.15, -0.1) is 0 Å². The Labute approximate surface area is 103 Å². The van der Waals surface area contributed by atoms with E-state index in [-0.39, 0.29) is 11.0 Å². The van der Waals surface area contributed by atoms with Gasteiger partial charge in [0.25, 0.3) is 0 Å². The minimum absolute atomic E-state index is 0.117. The molecule has 0 bridgehead atoms. The first-order chi connectivity index (χ1) is 7.34. The van der Waals surface area contributed by atoms with Crippen molar-refractivity contribution >= 4 is 15.1 Å². The Balaban J connectivity index is 2.89. The van der Waals surface area contributed by atoms with Crippen molar-refractivity contribution in [1.82, 2.24) is 4.90 Å². The molecule has 16 heavy (non-hydrogen) atoms. The molecule has 0 spiro atoms. The van der Waals surface area contributed by atoms with E-state index in [2.05, 4.69) is 53.7 Å². The minimum atomic E-state index is 0.117. The van der Waals surface area contributed by atoms with Crippen molar-refractivity contribution < 1.29 is 0 Å². The van der Waals surface area contributed by atoms with Crippen LogP contribution in [0.3, 0.4) is 0 Å². The van der Waals surface area contributed by atoms with Crippen molar-refractivity contribution in [1.29, 1.82) is 0 Å². The first-order valence-electron chi connectivity index (χ1n) is 6.34. The highest BCUT2D eigenvalue weighted by atomic mass is 31.0. The van der Waals surface area contributed by atoms with Crippen LogP contribution in [0.25, 0.3) is 0 Å². The Morgan fingerprint density at radius 2 is 1.56 bits per heavy atom. The molecule has 0 aromatic carbocycles. The summed E-state index contributed by atoms with van der Waals surface area (Å²) in [6.45, 7) is 13.9. The molecule has 1 aliphatic rings. The highest BCUT2D eigenvalue weighted by Crippen LogP contribution is 2.38. The van der Waals surface area contributed by atoms with Crippen LogP contribution in [0.4, 0.5) is 0 Å². The summed E-state index contributed by atoms with van der Waals surface area (Å²) in [6.07, 6.45) is 4.08. The highest BCUT2D eigenvalue weighted by Gasteiger charge is 2.43. The van der Waals surface area contributed by atoms with Gasteiger partial charge in [0.1, 0.15) is 0 Å². The van der Waals surface area contributed by atoms with Crippen LogP contribution in [-0.2, 0) is 0 Å². The van der Waals surface area contributed by atoms with Gasteiger partial charge in [-0.3, -0.25) is 9.66 Å².